The van der Waals surface area contributed by atoms with Crippen molar-refractivity contribution in [2.24, 2.45) is 0 Å². The fourth-order valence-electron chi connectivity index (χ4n) is 13.2. The summed E-state index contributed by atoms with van der Waals surface area (Å²) in [6.07, 6.45) is 4.22. The third-order valence-electron chi connectivity index (χ3n) is 16.5. The van der Waals surface area contributed by atoms with E-state index in [-0.39, 0.29) is 0 Å². The molecule has 0 amide bonds. The van der Waals surface area contributed by atoms with Crippen LogP contribution in [0.1, 0.15) is 23.6 Å². The number of furan rings is 1. The summed E-state index contributed by atoms with van der Waals surface area (Å²) in [7, 11) is 0. The minimum Gasteiger partial charge on any atom is -0.456 e. The van der Waals surface area contributed by atoms with Crippen LogP contribution in [-0.4, -0.2) is 0 Å². The molecule has 1 aromatic heterocycles. The molecule has 0 saturated heterocycles. The Morgan fingerprint density at radius 1 is 0.351 bits per heavy atom. The lowest BCUT2D eigenvalue weighted by Crippen LogP contribution is -1.93. The molecule has 0 aliphatic heterocycles. The van der Waals surface area contributed by atoms with E-state index in [4.69, 9.17) is 4.42 Å². The van der Waals surface area contributed by atoms with Gasteiger partial charge in [-0.05, 0) is 203 Å². The predicted molar refractivity (Wildman–Crippen MR) is 316 cm³/mol. The fourth-order valence-corrected chi connectivity index (χ4v) is 13.2. The number of hydrogen-bond acceptors (Lipinski definition) is 1. The summed E-state index contributed by atoms with van der Waals surface area (Å²) in [6, 6.07) is 83.4. The van der Waals surface area contributed by atoms with Gasteiger partial charge in [-0.1, -0.05) is 201 Å². The summed E-state index contributed by atoms with van der Waals surface area (Å²) in [6.45, 7) is 6.49. The first-order valence-corrected chi connectivity index (χ1v) is 25.7. The van der Waals surface area contributed by atoms with Gasteiger partial charge in [0.05, 0.1) is 0 Å². The van der Waals surface area contributed by atoms with Crippen molar-refractivity contribution in [3.8, 4) is 77.9 Å². The first-order valence-electron chi connectivity index (χ1n) is 25.7. The Hall–Kier alpha value is -9.56. The van der Waals surface area contributed by atoms with E-state index in [1.54, 1.807) is 0 Å². The molecular weight excluding hydrogens is 893 g/mol. The average molecular weight is 937 g/mol. The summed E-state index contributed by atoms with van der Waals surface area (Å²) in [5.41, 5.74) is 24.0. The van der Waals surface area contributed by atoms with Crippen LogP contribution in [0.3, 0.4) is 0 Å². The second-order valence-corrected chi connectivity index (χ2v) is 20.2. The van der Waals surface area contributed by atoms with Crippen LogP contribution in [0.4, 0.5) is 0 Å². The van der Waals surface area contributed by atoms with Gasteiger partial charge >= 0.3 is 0 Å². The lowest BCUT2D eigenvalue weighted by molar-refractivity contribution is 0.669. The van der Waals surface area contributed by atoms with Crippen molar-refractivity contribution in [2.45, 2.75) is 6.92 Å². The minimum absolute atomic E-state index is 0.864. The third kappa shape index (κ3) is 5.75. The monoisotopic (exact) mass is 936 g/mol. The average Bonchev–Trinajstić information content (AvgIpc) is 4.13. The maximum Gasteiger partial charge on any atom is 0.136 e. The number of benzene rings is 13. The number of allylic oxidation sites excluding steroid dienone is 1. The van der Waals surface area contributed by atoms with E-state index in [0.717, 1.165) is 44.2 Å². The summed E-state index contributed by atoms with van der Waals surface area (Å²) in [5, 5.41) is 14.9. The number of rotatable bonds is 6. The molecule has 1 heteroatoms. The highest BCUT2D eigenvalue weighted by molar-refractivity contribution is 6.26. The van der Waals surface area contributed by atoms with E-state index < -0.39 is 0 Å². The van der Waals surface area contributed by atoms with Crippen molar-refractivity contribution >= 4 is 87.4 Å². The van der Waals surface area contributed by atoms with Crippen molar-refractivity contribution in [1.29, 1.82) is 0 Å². The Balaban J connectivity index is 0.776. The van der Waals surface area contributed by atoms with E-state index >= 15 is 0 Å². The normalized spacial score (nSPS) is 12.5. The van der Waals surface area contributed by atoms with Crippen LogP contribution in [-0.2, 0) is 0 Å². The second-order valence-electron chi connectivity index (χ2n) is 20.2. The van der Waals surface area contributed by atoms with Crippen molar-refractivity contribution in [2.75, 3.05) is 0 Å². The molecule has 0 spiro atoms. The summed E-state index contributed by atoms with van der Waals surface area (Å²) in [4.78, 5) is 0. The molecule has 0 bridgehead atoms. The topological polar surface area (TPSA) is 13.1 Å². The fraction of sp³-hybridized carbons (Fsp3) is 0.0137. The van der Waals surface area contributed by atoms with Crippen LogP contribution in [0.2, 0.25) is 0 Å². The van der Waals surface area contributed by atoms with E-state index in [1.807, 2.05) is 6.08 Å². The van der Waals surface area contributed by atoms with Crippen LogP contribution < -0.4 is 0 Å². The smallest absolute Gasteiger partial charge is 0.136 e. The maximum absolute atomic E-state index is 6.73. The maximum atomic E-state index is 6.73. The van der Waals surface area contributed by atoms with E-state index in [0.29, 0.717) is 0 Å². The molecule has 0 saturated carbocycles. The molecule has 16 rings (SSSR count). The largest absolute Gasteiger partial charge is 0.456 e. The standard InChI is InChI=1S/C73H44O/c1-3-42-38-67-66-39-48(52-31-33-62-70-53-19-11-8-16-44(53)24-29-60(70)58-22-12-20-56(52)72(58)62)27-35-68(66)74-69(67)41-64(42)50(4-2)46-25-28-54-47(36-46)26-30-61-59-23-13-21-57-55(32-34-63(71(54)61)73(57)59)65-40-49(43-14-6-5-7-15-43)37-45-17-9-10-18-51(45)65/h3-41H,1H2,2H3/b50-4-. The molecule has 2 aliphatic carbocycles. The highest BCUT2D eigenvalue weighted by atomic mass is 16.3. The van der Waals surface area contributed by atoms with Crippen LogP contribution in [0.15, 0.2) is 242 Å². The molecule has 0 radical (unpaired) electrons. The highest BCUT2D eigenvalue weighted by Crippen LogP contribution is 2.54. The van der Waals surface area contributed by atoms with Crippen LogP contribution in [0, 0.1) is 0 Å². The van der Waals surface area contributed by atoms with Gasteiger partial charge in [-0.15, -0.1) is 0 Å². The molecule has 2 aliphatic rings. The molecule has 1 heterocycles. The van der Waals surface area contributed by atoms with Gasteiger partial charge in [0.25, 0.3) is 0 Å². The quantitative estimate of drug-likeness (QED) is 0.162. The van der Waals surface area contributed by atoms with Gasteiger partial charge in [-0.25, -0.2) is 0 Å². The molecule has 0 unspecified atom stereocenters. The minimum atomic E-state index is 0.864. The van der Waals surface area contributed by atoms with Gasteiger partial charge in [0.1, 0.15) is 11.2 Å². The van der Waals surface area contributed by atoms with Gasteiger partial charge in [-0.2, -0.15) is 0 Å². The summed E-state index contributed by atoms with van der Waals surface area (Å²) >= 11 is 0. The van der Waals surface area contributed by atoms with Gasteiger partial charge in [0.2, 0.25) is 0 Å². The Morgan fingerprint density at radius 2 is 0.959 bits per heavy atom. The van der Waals surface area contributed by atoms with E-state index in [9.17, 15) is 0 Å². The highest BCUT2D eigenvalue weighted by Gasteiger charge is 2.27. The Morgan fingerprint density at radius 3 is 1.72 bits per heavy atom. The molecule has 0 fully saturated rings. The van der Waals surface area contributed by atoms with Crippen LogP contribution in [0.5, 0.6) is 0 Å². The first kappa shape index (κ1) is 41.1. The molecule has 0 atom stereocenters. The van der Waals surface area contributed by atoms with Gasteiger partial charge in [-0.3, -0.25) is 0 Å². The zero-order valence-electron chi connectivity index (χ0n) is 40.6. The zero-order chi connectivity index (χ0) is 48.8. The van der Waals surface area contributed by atoms with E-state index in [2.05, 4.69) is 244 Å². The van der Waals surface area contributed by atoms with Crippen molar-refractivity contribution in [3.05, 3.63) is 254 Å². The Labute approximate surface area is 428 Å². The second kappa shape index (κ2) is 15.5. The molecule has 0 N–H and O–H groups in total. The molecular formula is C73H44O. The van der Waals surface area contributed by atoms with E-state index in [1.165, 1.54) is 132 Å². The Kier molecular flexibility index (Phi) is 8.59. The summed E-state index contributed by atoms with van der Waals surface area (Å²) < 4.78 is 6.73. The lowest BCUT2D eigenvalue weighted by atomic mass is 9.88. The molecule has 13 aromatic carbocycles. The first-order chi connectivity index (χ1) is 36.6. The number of fused-ring (bicyclic) bond motifs is 14. The van der Waals surface area contributed by atoms with Crippen molar-refractivity contribution < 1.29 is 4.42 Å². The molecule has 1 nitrogen and oxygen atoms in total. The van der Waals surface area contributed by atoms with Gasteiger partial charge < -0.3 is 4.42 Å². The molecule has 14 aromatic rings. The summed E-state index contributed by atoms with van der Waals surface area (Å²) in [5.74, 6) is 0. The lowest BCUT2D eigenvalue weighted by Gasteiger charge is -2.15. The zero-order valence-corrected chi connectivity index (χ0v) is 40.6. The van der Waals surface area contributed by atoms with Crippen LogP contribution in [0.25, 0.3) is 165 Å². The molecule has 342 valence electrons. The molecule has 74 heavy (non-hydrogen) atoms. The van der Waals surface area contributed by atoms with Crippen molar-refractivity contribution in [1.82, 2.24) is 0 Å². The third-order valence-corrected chi connectivity index (χ3v) is 16.5. The van der Waals surface area contributed by atoms with Gasteiger partial charge in [0, 0.05) is 10.8 Å². The van der Waals surface area contributed by atoms with Gasteiger partial charge in [0.15, 0.2) is 0 Å². The predicted octanol–water partition coefficient (Wildman–Crippen LogP) is 20.7. The Bertz CT molecular complexity index is 4850. The number of hydrogen-bond donors (Lipinski definition) is 0. The SMILES string of the molecule is C=Cc1cc2c(cc1/C(=C\C)c1ccc3c4c(ccc3c1)-c1cccc3c(-c5cc(-c6ccccc6)cc6ccccc56)ccc-4c13)oc1ccc(-c3ccc4c5c(cccc35)-c3ccc5ccccc5c3-4)cc12. The van der Waals surface area contributed by atoms with Crippen LogP contribution >= 0.6 is 0 Å². The van der Waals surface area contributed by atoms with Crippen molar-refractivity contribution in [3.63, 3.8) is 0 Å².